The average molecular weight is 355 g/mol. The third-order valence-electron chi connectivity index (χ3n) is 4.13. The fourth-order valence-electron chi connectivity index (χ4n) is 2.96. The highest BCUT2D eigenvalue weighted by molar-refractivity contribution is 7.99. The van der Waals surface area contributed by atoms with Gasteiger partial charge in [-0.3, -0.25) is 9.59 Å². The number of rotatable bonds is 2. The normalized spacial score (nSPS) is 24.8. The minimum Gasteiger partial charge on any atom is -0.378 e. The van der Waals surface area contributed by atoms with Gasteiger partial charge in [-0.1, -0.05) is 23.7 Å². The Morgan fingerprint density at radius 2 is 1.87 bits per heavy atom. The number of carbonyl (C=O) groups excluding carboxylic acids is 2. The molecule has 5 nitrogen and oxygen atoms in total. The molecule has 1 aromatic rings. The number of ether oxygens (including phenoxy) is 1. The van der Waals surface area contributed by atoms with Crippen LogP contribution in [0.2, 0.25) is 5.02 Å². The van der Waals surface area contributed by atoms with Crippen molar-refractivity contribution in [2.24, 2.45) is 0 Å². The SMILES string of the molecule is CC(=O)N1[C@H](C(=O)N2CCOCC2)CS[C@H]1c1ccc(Cl)cc1. The van der Waals surface area contributed by atoms with Gasteiger partial charge in [-0.15, -0.1) is 11.8 Å². The van der Waals surface area contributed by atoms with E-state index in [1.54, 1.807) is 21.6 Å². The largest absolute Gasteiger partial charge is 0.378 e. The van der Waals surface area contributed by atoms with Crippen LogP contribution in [0.25, 0.3) is 0 Å². The standard InChI is InChI=1S/C16H19ClN2O3S/c1-11(20)19-14(15(21)18-6-8-22-9-7-18)10-23-16(19)12-2-4-13(17)5-3-12/h2-5,14,16H,6-10H2,1H3/t14-,16-/m0/s1. The summed E-state index contributed by atoms with van der Waals surface area (Å²) < 4.78 is 5.30. The minimum atomic E-state index is -0.406. The van der Waals surface area contributed by atoms with Gasteiger partial charge >= 0.3 is 0 Å². The van der Waals surface area contributed by atoms with Crippen molar-refractivity contribution < 1.29 is 14.3 Å². The maximum atomic E-state index is 12.8. The molecular formula is C16H19ClN2O3S. The van der Waals surface area contributed by atoms with Gasteiger partial charge in [-0.25, -0.2) is 0 Å². The quantitative estimate of drug-likeness (QED) is 0.816. The molecule has 7 heteroatoms. The van der Waals surface area contributed by atoms with E-state index < -0.39 is 6.04 Å². The molecule has 0 saturated carbocycles. The van der Waals surface area contributed by atoms with Gasteiger partial charge in [0.2, 0.25) is 11.8 Å². The Balaban J connectivity index is 1.80. The Morgan fingerprint density at radius 3 is 2.48 bits per heavy atom. The fraction of sp³-hybridized carbons (Fsp3) is 0.500. The van der Waals surface area contributed by atoms with Crippen LogP contribution in [-0.2, 0) is 14.3 Å². The number of thioether (sulfide) groups is 1. The number of benzene rings is 1. The summed E-state index contributed by atoms with van der Waals surface area (Å²) in [6.45, 7) is 3.84. The van der Waals surface area contributed by atoms with Crippen LogP contribution < -0.4 is 0 Å². The molecular weight excluding hydrogens is 336 g/mol. The van der Waals surface area contributed by atoms with E-state index in [0.29, 0.717) is 37.1 Å². The summed E-state index contributed by atoms with van der Waals surface area (Å²) in [5, 5.41) is 0.520. The second-order valence-electron chi connectivity index (χ2n) is 5.62. The first-order valence-corrected chi connectivity index (χ1v) is 9.03. The van der Waals surface area contributed by atoms with Gasteiger partial charge in [-0.05, 0) is 17.7 Å². The van der Waals surface area contributed by atoms with E-state index in [0.717, 1.165) is 5.56 Å². The highest BCUT2D eigenvalue weighted by Gasteiger charge is 2.42. The summed E-state index contributed by atoms with van der Waals surface area (Å²) in [4.78, 5) is 28.5. The van der Waals surface area contributed by atoms with Crippen LogP contribution in [0.5, 0.6) is 0 Å². The van der Waals surface area contributed by atoms with E-state index in [9.17, 15) is 9.59 Å². The maximum absolute atomic E-state index is 12.8. The Kier molecular flexibility index (Phi) is 5.14. The molecule has 0 N–H and O–H groups in total. The number of carbonyl (C=O) groups is 2. The van der Waals surface area contributed by atoms with Crippen LogP contribution >= 0.6 is 23.4 Å². The van der Waals surface area contributed by atoms with Crippen molar-refractivity contribution in [3.63, 3.8) is 0 Å². The van der Waals surface area contributed by atoms with Crippen LogP contribution in [0.3, 0.4) is 0 Å². The van der Waals surface area contributed by atoms with Crippen molar-refractivity contribution in [3.05, 3.63) is 34.9 Å². The van der Waals surface area contributed by atoms with Gasteiger partial charge in [0.25, 0.3) is 0 Å². The van der Waals surface area contributed by atoms with Gasteiger partial charge in [0.05, 0.1) is 13.2 Å². The fourth-order valence-corrected chi connectivity index (χ4v) is 4.56. The number of hydrogen-bond donors (Lipinski definition) is 0. The first-order chi connectivity index (χ1) is 11.1. The topological polar surface area (TPSA) is 49.9 Å². The van der Waals surface area contributed by atoms with Crippen molar-refractivity contribution in [1.29, 1.82) is 0 Å². The molecule has 0 spiro atoms. The lowest BCUT2D eigenvalue weighted by Crippen LogP contribution is -2.52. The van der Waals surface area contributed by atoms with E-state index in [4.69, 9.17) is 16.3 Å². The maximum Gasteiger partial charge on any atom is 0.246 e. The van der Waals surface area contributed by atoms with Crippen molar-refractivity contribution in [2.75, 3.05) is 32.1 Å². The molecule has 2 aliphatic heterocycles. The zero-order chi connectivity index (χ0) is 16.4. The number of amides is 2. The molecule has 2 amide bonds. The van der Waals surface area contributed by atoms with Crippen molar-refractivity contribution >= 4 is 35.2 Å². The summed E-state index contributed by atoms with van der Waals surface area (Å²) in [5.74, 6) is 0.553. The zero-order valence-electron chi connectivity index (χ0n) is 12.9. The molecule has 1 aromatic carbocycles. The van der Waals surface area contributed by atoms with Gasteiger partial charge in [0.15, 0.2) is 0 Å². The average Bonchev–Trinajstić information content (AvgIpc) is 3.01. The first kappa shape index (κ1) is 16.6. The highest BCUT2D eigenvalue weighted by Crippen LogP contribution is 2.42. The molecule has 2 fully saturated rings. The molecule has 0 radical (unpaired) electrons. The van der Waals surface area contributed by atoms with Crippen molar-refractivity contribution in [3.8, 4) is 0 Å². The summed E-state index contributed by atoms with van der Waals surface area (Å²) in [5.41, 5.74) is 0.992. The number of hydrogen-bond acceptors (Lipinski definition) is 4. The molecule has 23 heavy (non-hydrogen) atoms. The van der Waals surface area contributed by atoms with Crippen LogP contribution in [0.1, 0.15) is 17.9 Å². The second-order valence-corrected chi connectivity index (χ2v) is 7.17. The van der Waals surface area contributed by atoms with Gasteiger partial charge in [0, 0.05) is 30.8 Å². The first-order valence-electron chi connectivity index (χ1n) is 7.60. The number of morpholine rings is 1. The van der Waals surface area contributed by atoms with E-state index in [1.807, 2.05) is 24.3 Å². The number of halogens is 1. The predicted molar refractivity (Wildman–Crippen MR) is 90.4 cm³/mol. The van der Waals surface area contributed by atoms with Crippen LogP contribution in [-0.4, -0.2) is 59.7 Å². The van der Waals surface area contributed by atoms with Gasteiger partial charge < -0.3 is 14.5 Å². The van der Waals surface area contributed by atoms with Gasteiger partial charge in [-0.2, -0.15) is 0 Å². The lowest BCUT2D eigenvalue weighted by Gasteiger charge is -2.33. The lowest BCUT2D eigenvalue weighted by molar-refractivity contribution is -0.146. The smallest absolute Gasteiger partial charge is 0.246 e. The Labute approximate surface area is 144 Å². The summed E-state index contributed by atoms with van der Waals surface area (Å²) >= 11 is 7.56. The van der Waals surface area contributed by atoms with E-state index in [1.165, 1.54) is 6.92 Å². The Bertz CT molecular complexity index is 589. The van der Waals surface area contributed by atoms with Crippen LogP contribution in [0.15, 0.2) is 24.3 Å². The minimum absolute atomic E-state index is 0.0208. The van der Waals surface area contributed by atoms with Gasteiger partial charge in [0.1, 0.15) is 11.4 Å². The molecule has 124 valence electrons. The Morgan fingerprint density at radius 1 is 1.22 bits per heavy atom. The molecule has 2 aliphatic rings. The van der Waals surface area contributed by atoms with Crippen molar-refractivity contribution in [1.82, 2.24) is 9.80 Å². The highest BCUT2D eigenvalue weighted by atomic mass is 35.5. The van der Waals surface area contributed by atoms with E-state index in [-0.39, 0.29) is 17.2 Å². The second kappa shape index (κ2) is 7.11. The lowest BCUT2D eigenvalue weighted by atomic mass is 10.1. The number of nitrogens with zero attached hydrogens (tertiary/aromatic N) is 2. The third kappa shape index (κ3) is 3.49. The molecule has 0 bridgehead atoms. The predicted octanol–water partition coefficient (Wildman–Crippen LogP) is 2.16. The monoisotopic (exact) mass is 354 g/mol. The molecule has 2 atom stereocenters. The van der Waals surface area contributed by atoms with E-state index >= 15 is 0 Å². The summed E-state index contributed by atoms with van der Waals surface area (Å²) in [6.07, 6.45) is 0. The van der Waals surface area contributed by atoms with E-state index in [2.05, 4.69) is 0 Å². The van der Waals surface area contributed by atoms with Crippen molar-refractivity contribution in [2.45, 2.75) is 18.3 Å². The molecule has 2 saturated heterocycles. The molecule has 0 aromatic heterocycles. The molecule has 0 unspecified atom stereocenters. The van der Waals surface area contributed by atoms with Crippen LogP contribution in [0.4, 0.5) is 0 Å². The van der Waals surface area contributed by atoms with Crippen LogP contribution in [0, 0.1) is 0 Å². The summed E-state index contributed by atoms with van der Waals surface area (Å²) in [7, 11) is 0. The molecule has 0 aliphatic carbocycles. The Hall–Kier alpha value is -1.24. The zero-order valence-corrected chi connectivity index (χ0v) is 14.5. The summed E-state index contributed by atoms with van der Waals surface area (Å²) in [6, 6.07) is 7.05. The molecule has 3 rings (SSSR count). The third-order valence-corrected chi connectivity index (χ3v) is 5.70. The molecule has 2 heterocycles.